The molecule has 2 aliphatic heterocycles. The zero-order chi connectivity index (χ0) is 18.4. The summed E-state index contributed by atoms with van der Waals surface area (Å²) in [7, 11) is 1.80. The van der Waals surface area contributed by atoms with Crippen LogP contribution in [-0.2, 0) is 16.0 Å². The fourth-order valence-corrected chi connectivity index (χ4v) is 3.54. The Hall–Kier alpha value is -1.06. The number of carbonyl (C=O) groups excluding carboxylic acids is 1. The van der Waals surface area contributed by atoms with Gasteiger partial charge in [-0.3, -0.25) is 9.79 Å². The lowest BCUT2D eigenvalue weighted by molar-refractivity contribution is -0.142. The molecule has 2 aliphatic rings. The van der Waals surface area contributed by atoms with E-state index in [4.69, 9.17) is 16.3 Å². The number of aliphatic imine (C=N–C) groups is 1. The van der Waals surface area contributed by atoms with Crippen LogP contribution in [0, 0.1) is 0 Å². The van der Waals surface area contributed by atoms with Gasteiger partial charge in [-0.25, -0.2) is 0 Å². The van der Waals surface area contributed by atoms with Crippen LogP contribution in [0.2, 0.25) is 5.02 Å². The first-order valence-corrected chi connectivity index (χ1v) is 9.65. The summed E-state index contributed by atoms with van der Waals surface area (Å²) in [6.45, 7) is 4.54. The van der Waals surface area contributed by atoms with Crippen molar-refractivity contribution in [1.29, 1.82) is 0 Å². The van der Waals surface area contributed by atoms with Crippen molar-refractivity contribution < 1.29 is 9.53 Å². The van der Waals surface area contributed by atoms with Crippen LogP contribution in [0.3, 0.4) is 0 Å². The normalized spacial score (nSPS) is 20.4. The molecular formula is C19H28ClIN4O2. The summed E-state index contributed by atoms with van der Waals surface area (Å²) in [5, 5.41) is 4.17. The SMILES string of the molecule is CN=C(NCCc1ccc(Cl)cc1)N1CCN(C(=O)C2CCCO2)CC1.I. The maximum Gasteiger partial charge on any atom is 0.251 e. The number of piperazine rings is 1. The predicted molar refractivity (Wildman–Crippen MR) is 119 cm³/mol. The second kappa shape index (κ2) is 11.1. The van der Waals surface area contributed by atoms with Crippen molar-refractivity contribution in [2.75, 3.05) is 46.4 Å². The largest absolute Gasteiger partial charge is 0.368 e. The highest BCUT2D eigenvalue weighted by Gasteiger charge is 2.30. The maximum absolute atomic E-state index is 12.4. The number of rotatable bonds is 4. The fourth-order valence-electron chi connectivity index (χ4n) is 3.42. The number of hydrogen-bond acceptors (Lipinski definition) is 3. The standard InChI is InChI=1S/C19H27ClN4O2.HI/c1-21-19(22-9-8-15-4-6-16(20)7-5-15)24-12-10-23(11-13-24)18(25)17-3-2-14-26-17;/h4-7,17H,2-3,8-14H2,1H3,(H,21,22);1H. The van der Waals surface area contributed by atoms with Gasteiger partial charge in [-0.05, 0) is 37.0 Å². The number of guanidine groups is 1. The first kappa shape index (κ1) is 22.2. The van der Waals surface area contributed by atoms with Crippen LogP contribution < -0.4 is 5.32 Å². The number of nitrogens with zero attached hydrogens (tertiary/aromatic N) is 3. The van der Waals surface area contributed by atoms with E-state index < -0.39 is 0 Å². The minimum Gasteiger partial charge on any atom is -0.368 e. The van der Waals surface area contributed by atoms with Gasteiger partial charge >= 0.3 is 0 Å². The Balaban J connectivity index is 0.00000261. The van der Waals surface area contributed by atoms with E-state index in [9.17, 15) is 4.79 Å². The lowest BCUT2D eigenvalue weighted by atomic mass is 10.1. The van der Waals surface area contributed by atoms with E-state index in [0.29, 0.717) is 6.61 Å². The highest BCUT2D eigenvalue weighted by molar-refractivity contribution is 14.0. The van der Waals surface area contributed by atoms with Gasteiger partial charge in [0.25, 0.3) is 5.91 Å². The van der Waals surface area contributed by atoms with Gasteiger partial charge in [0.15, 0.2) is 5.96 Å². The molecule has 8 heteroatoms. The Morgan fingerprint density at radius 3 is 2.48 bits per heavy atom. The molecule has 1 aromatic rings. The summed E-state index contributed by atoms with van der Waals surface area (Å²) in [5.74, 6) is 1.04. The Morgan fingerprint density at radius 1 is 1.22 bits per heavy atom. The van der Waals surface area contributed by atoms with Gasteiger partial charge in [0.1, 0.15) is 6.10 Å². The monoisotopic (exact) mass is 506 g/mol. The number of ether oxygens (including phenoxy) is 1. The van der Waals surface area contributed by atoms with Gasteiger partial charge in [-0.2, -0.15) is 0 Å². The van der Waals surface area contributed by atoms with Crippen LogP contribution in [-0.4, -0.2) is 74.1 Å². The predicted octanol–water partition coefficient (Wildman–Crippen LogP) is 2.40. The second-order valence-electron chi connectivity index (χ2n) is 6.66. The molecule has 0 spiro atoms. The van der Waals surface area contributed by atoms with Crippen molar-refractivity contribution in [3.63, 3.8) is 0 Å². The van der Waals surface area contributed by atoms with E-state index in [1.54, 1.807) is 7.05 Å². The molecule has 0 bridgehead atoms. The van der Waals surface area contributed by atoms with Crippen molar-refractivity contribution >= 4 is 47.4 Å². The molecule has 2 heterocycles. The molecule has 2 fully saturated rings. The van der Waals surface area contributed by atoms with E-state index in [1.165, 1.54) is 5.56 Å². The van der Waals surface area contributed by atoms with Crippen molar-refractivity contribution in [1.82, 2.24) is 15.1 Å². The smallest absolute Gasteiger partial charge is 0.251 e. The Labute approximate surface area is 183 Å². The second-order valence-corrected chi connectivity index (χ2v) is 7.10. The van der Waals surface area contributed by atoms with Crippen molar-refractivity contribution in [3.05, 3.63) is 34.9 Å². The van der Waals surface area contributed by atoms with Gasteiger partial charge in [0.2, 0.25) is 0 Å². The van der Waals surface area contributed by atoms with Crippen LogP contribution in [0.25, 0.3) is 0 Å². The number of carbonyl (C=O) groups is 1. The maximum atomic E-state index is 12.4. The molecule has 1 unspecified atom stereocenters. The number of benzene rings is 1. The van der Waals surface area contributed by atoms with Gasteiger partial charge in [-0.15, -0.1) is 24.0 Å². The molecule has 2 saturated heterocycles. The number of hydrogen-bond donors (Lipinski definition) is 1. The Kier molecular flexibility index (Phi) is 9.11. The molecule has 150 valence electrons. The zero-order valence-electron chi connectivity index (χ0n) is 15.7. The molecule has 3 rings (SSSR count). The molecule has 1 aromatic carbocycles. The van der Waals surface area contributed by atoms with Crippen molar-refractivity contribution in [3.8, 4) is 0 Å². The topological polar surface area (TPSA) is 57.2 Å². The molecular weight excluding hydrogens is 479 g/mol. The molecule has 0 aliphatic carbocycles. The average molecular weight is 507 g/mol. The summed E-state index contributed by atoms with van der Waals surface area (Å²) >= 11 is 5.92. The van der Waals surface area contributed by atoms with E-state index >= 15 is 0 Å². The number of nitrogens with one attached hydrogen (secondary N) is 1. The summed E-state index contributed by atoms with van der Waals surface area (Å²) in [4.78, 5) is 20.9. The summed E-state index contributed by atoms with van der Waals surface area (Å²) < 4.78 is 5.52. The number of amides is 1. The van der Waals surface area contributed by atoms with Crippen molar-refractivity contribution in [2.45, 2.75) is 25.4 Å². The minimum absolute atomic E-state index is 0. The summed E-state index contributed by atoms with van der Waals surface area (Å²) in [6, 6.07) is 7.91. The van der Waals surface area contributed by atoms with Gasteiger partial charge < -0.3 is 19.9 Å². The Morgan fingerprint density at radius 2 is 1.89 bits per heavy atom. The van der Waals surface area contributed by atoms with E-state index in [2.05, 4.69) is 15.2 Å². The van der Waals surface area contributed by atoms with E-state index in [0.717, 1.165) is 63.0 Å². The third kappa shape index (κ3) is 6.22. The highest BCUT2D eigenvalue weighted by atomic mass is 127. The lowest BCUT2D eigenvalue weighted by Crippen LogP contribution is -2.55. The quantitative estimate of drug-likeness (QED) is 0.387. The minimum atomic E-state index is -0.224. The molecule has 1 N–H and O–H groups in total. The first-order valence-electron chi connectivity index (χ1n) is 9.28. The average Bonchev–Trinajstić information content (AvgIpc) is 3.21. The van der Waals surface area contributed by atoms with Crippen LogP contribution in [0.1, 0.15) is 18.4 Å². The first-order chi connectivity index (χ1) is 12.7. The summed E-state index contributed by atoms with van der Waals surface area (Å²) in [5.41, 5.74) is 1.24. The molecule has 6 nitrogen and oxygen atoms in total. The fraction of sp³-hybridized carbons (Fsp3) is 0.579. The lowest BCUT2D eigenvalue weighted by Gasteiger charge is -2.37. The molecule has 1 atom stereocenters. The molecule has 0 saturated carbocycles. The van der Waals surface area contributed by atoms with Crippen molar-refractivity contribution in [2.24, 2.45) is 4.99 Å². The van der Waals surface area contributed by atoms with Gasteiger partial charge in [-0.1, -0.05) is 23.7 Å². The van der Waals surface area contributed by atoms with E-state index in [1.807, 2.05) is 29.2 Å². The zero-order valence-corrected chi connectivity index (χ0v) is 18.8. The third-order valence-corrected chi connectivity index (χ3v) is 5.17. The van der Waals surface area contributed by atoms with Crippen LogP contribution in [0.4, 0.5) is 0 Å². The highest BCUT2D eigenvalue weighted by Crippen LogP contribution is 2.16. The summed E-state index contributed by atoms with van der Waals surface area (Å²) in [6.07, 6.45) is 2.53. The van der Waals surface area contributed by atoms with Crippen LogP contribution in [0.5, 0.6) is 0 Å². The van der Waals surface area contributed by atoms with Gasteiger partial charge in [0, 0.05) is 51.4 Å². The Bertz CT molecular complexity index is 627. The molecule has 27 heavy (non-hydrogen) atoms. The number of halogens is 2. The van der Waals surface area contributed by atoms with E-state index in [-0.39, 0.29) is 36.0 Å². The molecule has 0 aromatic heterocycles. The molecule has 1 amide bonds. The van der Waals surface area contributed by atoms with Gasteiger partial charge in [0.05, 0.1) is 0 Å². The molecule has 0 radical (unpaired) electrons. The third-order valence-electron chi connectivity index (χ3n) is 4.92. The van der Waals surface area contributed by atoms with Crippen LogP contribution >= 0.6 is 35.6 Å². The van der Waals surface area contributed by atoms with Crippen LogP contribution in [0.15, 0.2) is 29.3 Å².